The molecule has 406 valence electrons. The molecule has 0 aromatic rings. The Bertz CT molecular complexity index is 1410. The Kier molecular flexibility index (Phi) is 36.3. The third-order valence-electron chi connectivity index (χ3n) is 11.8. The van der Waals surface area contributed by atoms with Gasteiger partial charge in [0.25, 0.3) is 0 Å². The maximum Gasteiger partial charge on any atom is 0.320 e. The summed E-state index contributed by atoms with van der Waals surface area (Å²) in [6.07, 6.45) is 5.14. The zero-order valence-electron chi connectivity index (χ0n) is 47.9. The minimum Gasteiger partial charge on any atom is -0.378 e. The molecule has 4 aliphatic heterocycles. The molecular formula is C52H106N10O7. The number of ether oxygens (including phenoxy) is 1. The normalized spacial score (nSPS) is 16.3. The molecule has 0 aliphatic carbocycles. The van der Waals surface area contributed by atoms with Crippen LogP contribution in [0.1, 0.15) is 122 Å². The molecule has 4 aliphatic rings. The van der Waals surface area contributed by atoms with Crippen molar-refractivity contribution in [1.29, 1.82) is 0 Å². The van der Waals surface area contributed by atoms with Crippen LogP contribution in [0, 0.1) is 23.7 Å². The monoisotopic (exact) mass is 983 g/mol. The lowest BCUT2D eigenvalue weighted by Gasteiger charge is -2.36. The van der Waals surface area contributed by atoms with E-state index in [1.807, 2.05) is 68.2 Å². The first kappa shape index (κ1) is 67.4. The number of carbonyl (C=O) groups excluding carboxylic acids is 6. The zero-order chi connectivity index (χ0) is 53.6. The van der Waals surface area contributed by atoms with Crippen LogP contribution in [0.3, 0.4) is 0 Å². The van der Waals surface area contributed by atoms with E-state index in [0.29, 0.717) is 68.0 Å². The van der Waals surface area contributed by atoms with Crippen molar-refractivity contribution in [2.45, 2.75) is 134 Å². The van der Waals surface area contributed by atoms with Crippen molar-refractivity contribution in [3.63, 3.8) is 0 Å². The number of morpholine rings is 1. The molecule has 4 rings (SSSR count). The van der Waals surface area contributed by atoms with E-state index in [4.69, 9.17) is 4.74 Å². The Morgan fingerprint density at radius 3 is 1.00 bits per heavy atom. The molecule has 4 fully saturated rings. The predicted molar refractivity (Wildman–Crippen MR) is 283 cm³/mol. The van der Waals surface area contributed by atoms with Gasteiger partial charge >= 0.3 is 12.1 Å². The lowest BCUT2D eigenvalue weighted by molar-refractivity contribution is -0.136. The summed E-state index contributed by atoms with van der Waals surface area (Å²) in [6, 6.07) is 0.764. The van der Waals surface area contributed by atoms with Crippen LogP contribution in [0.2, 0.25) is 0 Å². The number of likely N-dealkylation sites (N-methyl/N-ethyl adjacent to an activating group) is 2. The molecule has 0 aromatic heterocycles. The van der Waals surface area contributed by atoms with E-state index >= 15 is 0 Å². The molecule has 0 radical (unpaired) electrons. The van der Waals surface area contributed by atoms with Gasteiger partial charge in [-0.05, 0) is 78.3 Å². The molecule has 0 aromatic carbocycles. The van der Waals surface area contributed by atoms with Crippen molar-refractivity contribution in [2.75, 3.05) is 148 Å². The van der Waals surface area contributed by atoms with Gasteiger partial charge in [0.1, 0.15) is 0 Å². The van der Waals surface area contributed by atoms with E-state index in [9.17, 15) is 28.8 Å². The minimum atomic E-state index is 0.0509. The second-order valence-electron chi connectivity index (χ2n) is 21.6. The van der Waals surface area contributed by atoms with Crippen LogP contribution >= 0.6 is 0 Å². The quantitative estimate of drug-likeness (QED) is 0.251. The number of nitrogens with zero attached hydrogens (tertiary/aromatic N) is 10. The molecule has 17 nitrogen and oxygen atoms in total. The van der Waals surface area contributed by atoms with Crippen molar-refractivity contribution >= 4 is 35.7 Å². The topological polar surface area (TPSA) is 144 Å². The van der Waals surface area contributed by atoms with Gasteiger partial charge in [-0.1, -0.05) is 55.4 Å². The fourth-order valence-electron chi connectivity index (χ4n) is 6.78. The van der Waals surface area contributed by atoms with Crippen LogP contribution in [0.5, 0.6) is 0 Å². The molecule has 4 heterocycles. The summed E-state index contributed by atoms with van der Waals surface area (Å²) < 4.78 is 5.16. The number of urea groups is 2. The van der Waals surface area contributed by atoms with E-state index in [1.165, 1.54) is 12.8 Å². The van der Waals surface area contributed by atoms with E-state index in [2.05, 4.69) is 65.4 Å². The van der Waals surface area contributed by atoms with Gasteiger partial charge in [0, 0.05) is 159 Å². The number of hydrogen-bond acceptors (Lipinski definition) is 9. The van der Waals surface area contributed by atoms with Crippen LogP contribution < -0.4 is 0 Å². The van der Waals surface area contributed by atoms with Crippen LogP contribution in [0.25, 0.3) is 0 Å². The Hall–Kier alpha value is -3.70. The summed E-state index contributed by atoms with van der Waals surface area (Å²) in [5.41, 5.74) is 0. The molecule has 0 unspecified atom stereocenters. The summed E-state index contributed by atoms with van der Waals surface area (Å²) in [4.78, 5) is 87.4. The third-order valence-corrected chi connectivity index (χ3v) is 11.8. The second-order valence-corrected chi connectivity index (χ2v) is 21.6. The lowest BCUT2D eigenvalue weighted by Crippen LogP contribution is -2.52. The maximum absolute atomic E-state index is 11.9. The standard InChI is InChI=1S/C10H21N3O.C10H20N2O.C9H17NO2.C9H17NO.C7H16N2O.C7H15NO/c1-9(2)12(4)10(14)13-7-5-11(3)6-8-13;1-9(2)8-10(13)12-6-4-11(3)5-7-12;1-8(2)7-9(11)10-3-5-12-6-4-10;1-8(2)7-9(11)10-5-3-4-6-10;1-6(2)9(5)7(10)8(3)4;1-6(2)5-7(9)8(3)4/h9H,5-8H2,1-4H3;9H,4-8H2,1-3H3;8H,3-7H2,1-2H3;8H,3-7H2,1-2H3;6H,1-5H3;6H,5H2,1-4H3. The molecule has 0 spiro atoms. The molecule has 0 atom stereocenters. The number of piperazine rings is 2. The van der Waals surface area contributed by atoms with Crippen LogP contribution in [-0.2, 0) is 23.9 Å². The van der Waals surface area contributed by atoms with E-state index in [1.54, 1.807) is 54.8 Å². The third kappa shape index (κ3) is 32.7. The first-order valence-corrected chi connectivity index (χ1v) is 26.0. The Morgan fingerprint density at radius 2 is 0.725 bits per heavy atom. The van der Waals surface area contributed by atoms with Gasteiger partial charge in [0.15, 0.2) is 0 Å². The van der Waals surface area contributed by atoms with Gasteiger partial charge < -0.3 is 53.7 Å². The number of likely N-dealkylation sites (tertiary alicyclic amines) is 1. The molecule has 0 saturated carbocycles. The highest BCUT2D eigenvalue weighted by molar-refractivity contribution is 5.78. The zero-order valence-corrected chi connectivity index (χ0v) is 47.9. The van der Waals surface area contributed by atoms with Gasteiger partial charge in [-0.15, -0.1) is 0 Å². The van der Waals surface area contributed by atoms with Crippen LogP contribution in [0.4, 0.5) is 9.59 Å². The predicted octanol–water partition coefficient (Wildman–Crippen LogP) is 6.18. The van der Waals surface area contributed by atoms with Gasteiger partial charge in [-0.2, -0.15) is 0 Å². The molecule has 4 saturated heterocycles. The van der Waals surface area contributed by atoms with E-state index in [0.717, 1.165) is 85.0 Å². The minimum absolute atomic E-state index is 0.0509. The van der Waals surface area contributed by atoms with Crippen molar-refractivity contribution in [3.05, 3.63) is 0 Å². The van der Waals surface area contributed by atoms with Crippen molar-refractivity contribution in [2.24, 2.45) is 23.7 Å². The van der Waals surface area contributed by atoms with Crippen molar-refractivity contribution < 1.29 is 33.5 Å². The smallest absolute Gasteiger partial charge is 0.320 e. The maximum atomic E-state index is 11.9. The van der Waals surface area contributed by atoms with E-state index in [-0.39, 0.29) is 36.0 Å². The first-order valence-electron chi connectivity index (χ1n) is 26.0. The molecule has 8 amide bonds. The highest BCUT2D eigenvalue weighted by Gasteiger charge is 2.24. The van der Waals surface area contributed by atoms with Gasteiger partial charge in [-0.25, -0.2) is 9.59 Å². The second kappa shape index (κ2) is 37.1. The SMILES string of the molecule is CC(C)CC(=O)N(C)C.CC(C)CC(=O)N1CCCC1.CC(C)CC(=O)N1CCN(C)CC1.CC(C)CC(=O)N1CCOCC1.CC(C)N(C)C(=O)N(C)C.CC(C)N(C)C(=O)N1CCN(C)CC1. The largest absolute Gasteiger partial charge is 0.378 e. The number of hydrogen-bond donors (Lipinski definition) is 0. The summed E-state index contributed by atoms with van der Waals surface area (Å²) in [5.74, 6) is 3.06. The average Bonchev–Trinajstić information content (AvgIpc) is 3.82. The number of amides is 8. The summed E-state index contributed by atoms with van der Waals surface area (Å²) >= 11 is 0. The molecular weight excluding hydrogens is 877 g/mol. The average molecular weight is 983 g/mol. The Balaban J connectivity index is 0. The van der Waals surface area contributed by atoms with Gasteiger partial charge in [0.05, 0.1) is 13.2 Å². The highest BCUT2D eigenvalue weighted by atomic mass is 16.5. The molecule has 0 bridgehead atoms. The molecule has 0 N–H and O–H groups in total. The van der Waals surface area contributed by atoms with E-state index < -0.39 is 0 Å². The van der Waals surface area contributed by atoms with Crippen molar-refractivity contribution in [1.82, 2.24) is 49.0 Å². The van der Waals surface area contributed by atoms with Crippen LogP contribution in [0.15, 0.2) is 0 Å². The fourth-order valence-corrected chi connectivity index (χ4v) is 6.78. The summed E-state index contributed by atoms with van der Waals surface area (Å²) in [6.45, 7) is 37.1. The Labute approximate surface area is 422 Å². The molecule has 69 heavy (non-hydrogen) atoms. The number of rotatable bonds is 10. The van der Waals surface area contributed by atoms with Crippen LogP contribution in [-0.4, -0.2) is 245 Å². The first-order chi connectivity index (χ1) is 32.0. The van der Waals surface area contributed by atoms with Gasteiger partial charge in [-0.3, -0.25) is 19.2 Å². The highest BCUT2D eigenvalue weighted by Crippen LogP contribution is 2.12. The van der Waals surface area contributed by atoms with Crippen molar-refractivity contribution in [3.8, 4) is 0 Å². The Morgan fingerprint density at radius 1 is 0.406 bits per heavy atom. The summed E-state index contributed by atoms with van der Waals surface area (Å²) in [7, 11) is 14.9. The fraction of sp³-hybridized carbons (Fsp3) is 0.885. The number of carbonyl (C=O) groups is 6. The van der Waals surface area contributed by atoms with Gasteiger partial charge in [0.2, 0.25) is 23.6 Å². The molecule has 17 heteroatoms. The lowest BCUT2D eigenvalue weighted by atomic mass is 10.1. The summed E-state index contributed by atoms with van der Waals surface area (Å²) in [5, 5.41) is 0.